The fraction of sp³-hybridized carbons (Fsp3) is 0.520. The molecular weight excluding hydrogens is 346 g/mol. The number of para-hydroxylation sites is 1. The fourth-order valence-corrected chi connectivity index (χ4v) is 4.11. The Kier molecular flexibility index (Phi) is 8.53. The van der Waals surface area contributed by atoms with E-state index in [4.69, 9.17) is 9.47 Å². The van der Waals surface area contributed by atoms with Crippen LogP contribution in [0, 0.1) is 0 Å². The van der Waals surface area contributed by atoms with Crippen LogP contribution >= 0.6 is 0 Å². The third-order valence-electron chi connectivity index (χ3n) is 6.26. The highest BCUT2D eigenvalue weighted by atomic mass is 16.5. The third-order valence-corrected chi connectivity index (χ3v) is 6.26. The lowest BCUT2D eigenvalue weighted by molar-refractivity contribution is -0.0253. The van der Waals surface area contributed by atoms with E-state index >= 15 is 0 Å². The molecule has 0 aliphatic rings. The van der Waals surface area contributed by atoms with Crippen LogP contribution < -0.4 is 10.1 Å². The number of methoxy groups -OCH3 is 2. The molecule has 2 atom stereocenters. The van der Waals surface area contributed by atoms with Gasteiger partial charge in [-0.2, -0.15) is 0 Å². The Labute approximate surface area is 171 Å². The molecule has 0 spiro atoms. The minimum Gasteiger partial charge on any atom is -0.496 e. The van der Waals surface area contributed by atoms with Crippen LogP contribution in [0.15, 0.2) is 54.6 Å². The summed E-state index contributed by atoms with van der Waals surface area (Å²) in [5.41, 5.74) is 2.45. The highest BCUT2D eigenvalue weighted by Gasteiger charge is 2.39. The van der Waals surface area contributed by atoms with E-state index in [9.17, 15) is 0 Å². The molecule has 2 unspecified atom stereocenters. The Bertz CT molecular complexity index is 697. The first-order valence-electron chi connectivity index (χ1n) is 10.5. The molecule has 0 bridgehead atoms. The van der Waals surface area contributed by atoms with Gasteiger partial charge in [0.1, 0.15) is 5.75 Å². The molecule has 0 aliphatic carbocycles. The van der Waals surface area contributed by atoms with Gasteiger partial charge in [-0.25, -0.2) is 0 Å². The van der Waals surface area contributed by atoms with Gasteiger partial charge < -0.3 is 14.8 Å². The van der Waals surface area contributed by atoms with Gasteiger partial charge in [0, 0.05) is 24.6 Å². The van der Waals surface area contributed by atoms with Gasteiger partial charge in [0.25, 0.3) is 0 Å². The van der Waals surface area contributed by atoms with Gasteiger partial charge in [-0.1, -0.05) is 62.4 Å². The predicted octanol–water partition coefficient (Wildman–Crippen LogP) is 5.73. The second-order valence-corrected chi connectivity index (χ2v) is 7.93. The van der Waals surface area contributed by atoms with Crippen LogP contribution in [0.3, 0.4) is 0 Å². The Morgan fingerprint density at radius 3 is 2.18 bits per heavy atom. The van der Waals surface area contributed by atoms with Gasteiger partial charge in [0.05, 0.1) is 12.7 Å². The summed E-state index contributed by atoms with van der Waals surface area (Å²) in [5.74, 6) is 0.974. The second kappa shape index (κ2) is 10.6. The first kappa shape index (κ1) is 22.4. The molecule has 0 amide bonds. The first-order chi connectivity index (χ1) is 13.5. The summed E-state index contributed by atoms with van der Waals surface area (Å²) in [6.07, 6.45) is 4.03. The minimum atomic E-state index is -0.156. The number of ether oxygens (including phenoxy) is 2. The second-order valence-electron chi connectivity index (χ2n) is 7.93. The average molecular weight is 384 g/mol. The topological polar surface area (TPSA) is 30.5 Å². The fourth-order valence-electron chi connectivity index (χ4n) is 4.11. The molecule has 0 saturated heterocycles. The predicted molar refractivity (Wildman–Crippen MR) is 118 cm³/mol. The van der Waals surface area contributed by atoms with Crippen molar-refractivity contribution >= 4 is 0 Å². The van der Waals surface area contributed by atoms with Crippen LogP contribution in [0.1, 0.15) is 57.6 Å². The van der Waals surface area contributed by atoms with Crippen LogP contribution in [-0.4, -0.2) is 26.4 Å². The summed E-state index contributed by atoms with van der Waals surface area (Å²) in [4.78, 5) is 0. The van der Waals surface area contributed by atoms with Crippen molar-refractivity contribution < 1.29 is 9.47 Å². The van der Waals surface area contributed by atoms with Crippen LogP contribution in [-0.2, 0) is 16.7 Å². The molecule has 0 aliphatic heterocycles. The lowest BCUT2D eigenvalue weighted by Crippen LogP contribution is -2.40. The molecule has 0 aromatic heterocycles. The van der Waals surface area contributed by atoms with Gasteiger partial charge >= 0.3 is 0 Å². The number of rotatable bonds is 12. The smallest absolute Gasteiger partial charge is 0.122 e. The van der Waals surface area contributed by atoms with E-state index < -0.39 is 0 Å². The third kappa shape index (κ3) is 5.59. The highest BCUT2D eigenvalue weighted by molar-refractivity contribution is 5.40. The van der Waals surface area contributed by atoms with Crippen molar-refractivity contribution in [3.8, 4) is 5.75 Å². The van der Waals surface area contributed by atoms with E-state index in [0.29, 0.717) is 0 Å². The molecule has 2 aromatic carbocycles. The van der Waals surface area contributed by atoms with Gasteiger partial charge in [-0.05, 0) is 50.8 Å². The van der Waals surface area contributed by atoms with Crippen LogP contribution in [0.2, 0.25) is 0 Å². The zero-order valence-electron chi connectivity index (χ0n) is 18.3. The molecule has 154 valence electrons. The van der Waals surface area contributed by atoms with Crippen molar-refractivity contribution in [3.63, 3.8) is 0 Å². The van der Waals surface area contributed by atoms with Crippen LogP contribution in [0.5, 0.6) is 5.75 Å². The van der Waals surface area contributed by atoms with Gasteiger partial charge in [0.15, 0.2) is 0 Å². The normalized spacial score (nSPS) is 15.6. The molecule has 3 nitrogen and oxygen atoms in total. The minimum absolute atomic E-state index is 0.00292. The van der Waals surface area contributed by atoms with E-state index in [1.165, 1.54) is 11.1 Å². The standard InChI is InChI=1S/C25H37NO2/c1-6-24(3,28-5)20-25(7-2,22-15-11-12-16-23(22)27-4)17-18-26-19-21-13-9-8-10-14-21/h8-16,26H,6-7,17-20H2,1-5H3. The summed E-state index contributed by atoms with van der Waals surface area (Å²) >= 11 is 0. The maximum absolute atomic E-state index is 5.95. The molecule has 0 heterocycles. The SMILES string of the molecule is CCC(C)(CC(CC)(CCNCc1ccccc1)c1ccccc1OC)OC. The van der Waals surface area contributed by atoms with E-state index in [-0.39, 0.29) is 11.0 Å². The largest absolute Gasteiger partial charge is 0.496 e. The van der Waals surface area contributed by atoms with E-state index in [1.807, 2.05) is 13.2 Å². The number of nitrogens with one attached hydrogen (secondary N) is 1. The molecule has 0 fully saturated rings. The maximum atomic E-state index is 5.95. The van der Waals surface area contributed by atoms with E-state index in [0.717, 1.165) is 44.5 Å². The van der Waals surface area contributed by atoms with Crippen molar-refractivity contribution in [2.24, 2.45) is 0 Å². The van der Waals surface area contributed by atoms with Crippen LogP contribution in [0.4, 0.5) is 0 Å². The maximum Gasteiger partial charge on any atom is 0.122 e. The van der Waals surface area contributed by atoms with Gasteiger partial charge in [0.2, 0.25) is 0 Å². The van der Waals surface area contributed by atoms with Crippen molar-refractivity contribution in [3.05, 3.63) is 65.7 Å². The molecular formula is C25H37NO2. The molecule has 2 aromatic rings. The Morgan fingerprint density at radius 2 is 1.57 bits per heavy atom. The van der Waals surface area contributed by atoms with Gasteiger partial charge in [-0.15, -0.1) is 0 Å². The summed E-state index contributed by atoms with van der Waals surface area (Å²) in [7, 11) is 3.60. The molecule has 0 saturated carbocycles. The molecule has 3 heteroatoms. The lowest BCUT2D eigenvalue weighted by atomic mass is 9.67. The van der Waals surface area contributed by atoms with Crippen molar-refractivity contribution in [1.29, 1.82) is 0 Å². The Hall–Kier alpha value is -1.84. The van der Waals surface area contributed by atoms with E-state index in [2.05, 4.69) is 74.6 Å². The quantitative estimate of drug-likeness (QED) is 0.475. The zero-order chi connectivity index (χ0) is 20.5. The molecule has 0 radical (unpaired) electrons. The average Bonchev–Trinajstić information content (AvgIpc) is 2.76. The van der Waals surface area contributed by atoms with Crippen LogP contribution in [0.25, 0.3) is 0 Å². The summed E-state index contributed by atoms with van der Waals surface area (Å²) in [6, 6.07) is 19.0. The Balaban J connectivity index is 2.24. The number of hydrogen-bond donors (Lipinski definition) is 1. The van der Waals surface area contributed by atoms with Crippen molar-refractivity contribution in [2.75, 3.05) is 20.8 Å². The monoisotopic (exact) mass is 383 g/mol. The Morgan fingerprint density at radius 1 is 0.893 bits per heavy atom. The summed E-state index contributed by atoms with van der Waals surface area (Å²) in [6.45, 7) is 8.56. The van der Waals surface area contributed by atoms with E-state index in [1.54, 1.807) is 7.11 Å². The molecule has 1 N–H and O–H groups in total. The number of hydrogen-bond acceptors (Lipinski definition) is 3. The first-order valence-corrected chi connectivity index (χ1v) is 10.5. The van der Waals surface area contributed by atoms with Gasteiger partial charge in [-0.3, -0.25) is 0 Å². The summed E-state index contributed by atoms with van der Waals surface area (Å²) < 4.78 is 11.7. The zero-order valence-corrected chi connectivity index (χ0v) is 18.3. The highest BCUT2D eigenvalue weighted by Crippen LogP contribution is 2.44. The molecule has 2 rings (SSSR count). The van der Waals surface area contributed by atoms with Crippen molar-refractivity contribution in [1.82, 2.24) is 5.32 Å². The summed E-state index contributed by atoms with van der Waals surface area (Å²) in [5, 5.41) is 3.64. The number of benzene rings is 2. The van der Waals surface area contributed by atoms with Crippen molar-refractivity contribution in [2.45, 2.75) is 64.0 Å². The lowest BCUT2D eigenvalue weighted by Gasteiger charge is -2.41. The molecule has 28 heavy (non-hydrogen) atoms.